The monoisotopic (exact) mass is 260 g/mol. The lowest BCUT2D eigenvalue weighted by atomic mass is 9.95. The molecule has 0 saturated heterocycles. The average Bonchev–Trinajstić information content (AvgIpc) is 2.84. The number of hydrogen-bond donors (Lipinski definition) is 3. The van der Waals surface area contributed by atoms with E-state index in [4.69, 9.17) is 0 Å². The molecule has 0 unspecified atom stereocenters. The highest BCUT2D eigenvalue weighted by Crippen LogP contribution is 2.21. The Morgan fingerprint density at radius 3 is 2.79 bits per heavy atom. The zero-order valence-corrected chi connectivity index (χ0v) is 11.6. The number of hydrogen-bond acceptors (Lipinski definition) is 4. The molecule has 1 heterocycles. The first kappa shape index (κ1) is 13.5. The maximum atomic E-state index is 9.24. The normalized spacial score (nSPS) is 11.6. The zero-order chi connectivity index (χ0) is 13.9. The molecular weight excluding hydrogens is 240 g/mol. The molecule has 0 radical (unpaired) electrons. The van der Waals surface area contributed by atoms with Crippen LogP contribution in [0.15, 0.2) is 24.3 Å². The molecule has 0 amide bonds. The van der Waals surface area contributed by atoms with E-state index in [2.05, 4.69) is 20.5 Å². The van der Waals surface area contributed by atoms with Crippen LogP contribution in [0.25, 0.3) is 11.4 Å². The van der Waals surface area contributed by atoms with Gasteiger partial charge in [0, 0.05) is 29.8 Å². The second kappa shape index (κ2) is 5.40. The van der Waals surface area contributed by atoms with Crippen LogP contribution < -0.4 is 5.32 Å². The van der Waals surface area contributed by atoms with Gasteiger partial charge in [0.1, 0.15) is 5.82 Å². The first-order valence-electron chi connectivity index (χ1n) is 6.34. The van der Waals surface area contributed by atoms with Crippen molar-refractivity contribution in [2.75, 3.05) is 18.5 Å². The van der Waals surface area contributed by atoms with Gasteiger partial charge in [0.15, 0.2) is 5.82 Å². The maximum Gasteiger partial charge on any atom is 0.181 e. The van der Waals surface area contributed by atoms with Crippen molar-refractivity contribution < 1.29 is 5.11 Å². The summed E-state index contributed by atoms with van der Waals surface area (Å²) >= 11 is 0. The van der Waals surface area contributed by atoms with E-state index < -0.39 is 0 Å². The third kappa shape index (κ3) is 3.54. The van der Waals surface area contributed by atoms with E-state index in [9.17, 15) is 5.11 Å². The van der Waals surface area contributed by atoms with Crippen LogP contribution in [0.2, 0.25) is 0 Å². The highest BCUT2D eigenvalue weighted by Gasteiger charge is 2.15. The van der Waals surface area contributed by atoms with Gasteiger partial charge < -0.3 is 10.4 Å². The molecule has 3 N–H and O–H groups in total. The smallest absolute Gasteiger partial charge is 0.181 e. The maximum absolute atomic E-state index is 9.24. The summed E-state index contributed by atoms with van der Waals surface area (Å²) in [4.78, 5) is 4.31. The predicted molar refractivity (Wildman–Crippen MR) is 75.9 cm³/mol. The lowest BCUT2D eigenvalue weighted by Crippen LogP contribution is -2.26. The molecule has 5 heteroatoms. The quantitative estimate of drug-likeness (QED) is 0.770. The van der Waals surface area contributed by atoms with E-state index in [1.807, 2.05) is 45.0 Å². The number of rotatable bonds is 5. The lowest BCUT2D eigenvalue weighted by Gasteiger charge is -2.22. The van der Waals surface area contributed by atoms with Crippen molar-refractivity contribution in [3.8, 4) is 11.4 Å². The number of aliphatic hydroxyl groups excluding tert-OH is 1. The van der Waals surface area contributed by atoms with Crippen LogP contribution in [0.5, 0.6) is 0 Å². The van der Waals surface area contributed by atoms with Crippen LogP contribution in [-0.4, -0.2) is 33.4 Å². The molecule has 0 aliphatic heterocycles. The van der Waals surface area contributed by atoms with Crippen molar-refractivity contribution in [1.29, 1.82) is 0 Å². The van der Waals surface area contributed by atoms with Gasteiger partial charge in [-0.15, -0.1) is 0 Å². The minimum Gasteiger partial charge on any atom is -0.396 e. The van der Waals surface area contributed by atoms with Crippen molar-refractivity contribution in [1.82, 2.24) is 15.2 Å². The van der Waals surface area contributed by atoms with Crippen LogP contribution in [-0.2, 0) is 0 Å². The van der Waals surface area contributed by atoms with Crippen LogP contribution in [0.3, 0.4) is 0 Å². The first-order chi connectivity index (χ1) is 9.00. The number of aliphatic hydroxyl groups is 1. The SMILES string of the molecule is Cc1nc(-c2cccc(NCC(C)(C)CO)c2)n[nH]1. The van der Waals surface area contributed by atoms with Gasteiger partial charge in [-0.1, -0.05) is 26.0 Å². The van der Waals surface area contributed by atoms with Gasteiger partial charge >= 0.3 is 0 Å². The second-order valence-corrected chi connectivity index (χ2v) is 5.50. The van der Waals surface area contributed by atoms with Crippen molar-refractivity contribution >= 4 is 5.69 Å². The van der Waals surface area contributed by atoms with Gasteiger partial charge in [0.2, 0.25) is 0 Å². The molecule has 0 atom stereocenters. The second-order valence-electron chi connectivity index (χ2n) is 5.50. The minimum atomic E-state index is -0.142. The van der Waals surface area contributed by atoms with E-state index in [1.165, 1.54) is 0 Å². The van der Waals surface area contributed by atoms with Gasteiger partial charge in [0.05, 0.1) is 0 Å². The summed E-state index contributed by atoms with van der Waals surface area (Å²) in [7, 11) is 0. The highest BCUT2D eigenvalue weighted by molar-refractivity contribution is 5.62. The van der Waals surface area contributed by atoms with Crippen LogP contribution >= 0.6 is 0 Å². The molecule has 0 aliphatic rings. The Morgan fingerprint density at radius 2 is 2.16 bits per heavy atom. The van der Waals surface area contributed by atoms with Crippen molar-refractivity contribution in [2.24, 2.45) is 5.41 Å². The van der Waals surface area contributed by atoms with Gasteiger partial charge in [-0.25, -0.2) is 4.98 Å². The van der Waals surface area contributed by atoms with Gasteiger partial charge in [-0.2, -0.15) is 5.10 Å². The van der Waals surface area contributed by atoms with Crippen LogP contribution in [0.1, 0.15) is 19.7 Å². The Balaban J connectivity index is 2.12. The number of aromatic amines is 1. The Morgan fingerprint density at radius 1 is 1.37 bits per heavy atom. The largest absolute Gasteiger partial charge is 0.396 e. The number of H-pyrrole nitrogens is 1. The molecule has 19 heavy (non-hydrogen) atoms. The summed E-state index contributed by atoms with van der Waals surface area (Å²) in [6, 6.07) is 7.95. The molecule has 0 aliphatic carbocycles. The molecule has 1 aromatic heterocycles. The van der Waals surface area contributed by atoms with E-state index in [0.29, 0.717) is 12.4 Å². The van der Waals surface area contributed by atoms with Crippen molar-refractivity contribution in [2.45, 2.75) is 20.8 Å². The minimum absolute atomic E-state index is 0.142. The lowest BCUT2D eigenvalue weighted by molar-refractivity contribution is 0.171. The van der Waals surface area contributed by atoms with Crippen molar-refractivity contribution in [3.63, 3.8) is 0 Å². The Kier molecular flexibility index (Phi) is 3.85. The standard InChI is InChI=1S/C14H20N4O/c1-10-16-13(18-17-10)11-5-4-6-12(7-11)15-8-14(2,3)9-19/h4-7,15,19H,8-9H2,1-3H3,(H,16,17,18). The number of aryl methyl sites for hydroxylation is 1. The van der Waals surface area contributed by atoms with E-state index in [1.54, 1.807) is 0 Å². The van der Waals surface area contributed by atoms with Gasteiger partial charge in [-0.05, 0) is 19.1 Å². The van der Waals surface area contributed by atoms with E-state index >= 15 is 0 Å². The molecule has 102 valence electrons. The highest BCUT2D eigenvalue weighted by atomic mass is 16.3. The Labute approximate surface area is 113 Å². The van der Waals surface area contributed by atoms with Gasteiger partial charge in [0.25, 0.3) is 0 Å². The summed E-state index contributed by atoms with van der Waals surface area (Å²) in [5.74, 6) is 1.50. The molecule has 2 rings (SSSR count). The van der Waals surface area contributed by atoms with Gasteiger partial charge in [-0.3, -0.25) is 5.10 Å². The molecule has 5 nitrogen and oxygen atoms in total. The Hall–Kier alpha value is -1.88. The third-order valence-electron chi connectivity index (χ3n) is 2.92. The summed E-state index contributed by atoms with van der Waals surface area (Å²) in [6.07, 6.45) is 0. The summed E-state index contributed by atoms with van der Waals surface area (Å²) in [6.45, 7) is 6.77. The fourth-order valence-corrected chi connectivity index (χ4v) is 1.64. The fourth-order valence-electron chi connectivity index (χ4n) is 1.64. The molecule has 0 saturated carbocycles. The van der Waals surface area contributed by atoms with Crippen LogP contribution in [0, 0.1) is 12.3 Å². The molecule has 1 aromatic carbocycles. The number of benzene rings is 1. The number of nitrogens with zero attached hydrogens (tertiary/aromatic N) is 2. The zero-order valence-electron chi connectivity index (χ0n) is 11.6. The van der Waals surface area contributed by atoms with E-state index in [-0.39, 0.29) is 12.0 Å². The number of anilines is 1. The fraction of sp³-hybridized carbons (Fsp3) is 0.429. The molecule has 0 fully saturated rings. The summed E-state index contributed by atoms with van der Waals surface area (Å²) < 4.78 is 0. The van der Waals surface area contributed by atoms with Crippen molar-refractivity contribution in [3.05, 3.63) is 30.1 Å². The first-order valence-corrected chi connectivity index (χ1v) is 6.34. The number of aromatic nitrogens is 3. The molecular formula is C14H20N4O. The third-order valence-corrected chi connectivity index (χ3v) is 2.92. The topological polar surface area (TPSA) is 73.8 Å². The van der Waals surface area contributed by atoms with E-state index in [0.717, 1.165) is 17.1 Å². The summed E-state index contributed by atoms with van der Waals surface area (Å²) in [5, 5.41) is 19.6. The molecule has 0 spiro atoms. The molecule has 2 aromatic rings. The molecule has 0 bridgehead atoms. The summed E-state index contributed by atoms with van der Waals surface area (Å²) in [5.41, 5.74) is 1.83. The number of nitrogens with one attached hydrogen (secondary N) is 2. The van der Waals surface area contributed by atoms with Crippen LogP contribution in [0.4, 0.5) is 5.69 Å². The predicted octanol–water partition coefficient (Wildman–Crippen LogP) is 2.21. The Bertz CT molecular complexity index is 548. The average molecular weight is 260 g/mol.